The molecule has 2 aromatic carbocycles. The number of halogens is 2. The van der Waals surface area contributed by atoms with E-state index in [0.717, 1.165) is 14.8 Å². The molecule has 1 N–H and O–H groups in total. The average Bonchev–Trinajstić information content (AvgIpc) is 2.43. The van der Waals surface area contributed by atoms with Gasteiger partial charge in [-0.25, -0.2) is 0 Å². The molecule has 0 saturated heterocycles. The summed E-state index contributed by atoms with van der Waals surface area (Å²) in [6.07, 6.45) is 0. The maximum atomic E-state index is 12.1. The Morgan fingerprint density at radius 1 is 1.21 bits per heavy atom. The molecule has 2 aromatic rings. The van der Waals surface area contributed by atoms with Gasteiger partial charge in [0.1, 0.15) is 5.38 Å². The molecule has 0 aliphatic heterocycles. The van der Waals surface area contributed by atoms with Crippen molar-refractivity contribution in [1.29, 1.82) is 0 Å². The summed E-state index contributed by atoms with van der Waals surface area (Å²) in [7, 11) is 0. The molecule has 1 amide bonds. The minimum Gasteiger partial charge on any atom is -0.324 e. The van der Waals surface area contributed by atoms with Crippen molar-refractivity contribution < 1.29 is 4.79 Å². The molecule has 0 heterocycles. The average molecular weight is 386 g/mol. The molecule has 1 unspecified atom stereocenters. The van der Waals surface area contributed by atoms with Gasteiger partial charge < -0.3 is 5.32 Å². The van der Waals surface area contributed by atoms with Gasteiger partial charge in [-0.1, -0.05) is 36.4 Å². The van der Waals surface area contributed by atoms with E-state index in [4.69, 9.17) is 11.6 Å². The number of anilines is 1. The number of amides is 1. The van der Waals surface area contributed by atoms with Gasteiger partial charge in [-0.2, -0.15) is 0 Å². The highest BCUT2D eigenvalue weighted by atomic mass is 127. The van der Waals surface area contributed by atoms with E-state index < -0.39 is 5.38 Å². The smallest absolute Gasteiger partial charge is 0.246 e. The summed E-state index contributed by atoms with van der Waals surface area (Å²) in [5, 5.41) is 2.15. The van der Waals surface area contributed by atoms with E-state index in [-0.39, 0.29) is 5.91 Å². The maximum absolute atomic E-state index is 12.1. The predicted octanol–water partition coefficient (Wildman–Crippen LogP) is 4.52. The van der Waals surface area contributed by atoms with Gasteiger partial charge in [0.25, 0.3) is 0 Å². The molecule has 1 atom stereocenters. The monoisotopic (exact) mass is 385 g/mol. The van der Waals surface area contributed by atoms with E-state index >= 15 is 0 Å². The molecule has 0 fully saturated rings. The first-order chi connectivity index (χ1) is 9.08. The van der Waals surface area contributed by atoms with Crippen molar-refractivity contribution in [3.63, 3.8) is 0 Å². The van der Waals surface area contributed by atoms with Gasteiger partial charge in [-0.05, 0) is 52.8 Å². The number of alkyl halides is 1. The summed E-state index contributed by atoms with van der Waals surface area (Å²) in [4.78, 5) is 12.1. The Morgan fingerprint density at radius 3 is 2.53 bits per heavy atom. The van der Waals surface area contributed by atoms with Crippen molar-refractivity contribution in [2.45, 2.75) is 12.3 Å². The zero-order valence-corrected chi connectivity index (χ0v) is 13.3. The van der Waals surface area contributed by atoms with Crippen LogP contribution in [-0.4, -0.2) is 5.91 Å². The van der Waals surface area contributed by atoms with Gasteiger partial charge in [-0.3, -0.25) is 4.79 Å². The summed E-state index contributed by atoms with van der Waals surface area (Å²) in [5.41, 5.74) is 2.74. The third kappa shape index (κ3) is 3.70. The molecule has 2 rings (SSSR count). The van der Waals surface area contributed by atoms with E-state index in [9.17, 15) is 4.79 Å². The number of hydrogen-bond donors (Lipinski definition) is 1. The van der Waals surface area contributed by atoms with Crippen LogP contribution in [0.1, 0.15) is 16.5 Å². The summed E-state index contributed by atoms with van der Waals surface area (Å²) in [6.45, 7) is 2.03. The topological polar surface area (TPSA) is 29.1 Å². The summed E-state index contributed by atoms with van der Waals surface area (Å²) in [6, 6.07) is 15.1. The molecule has 4 heteroatoms. The fourth-order valence-corrected chi connectivity index (χ4v) is 2.36. The van der Waals surface area contributed by atoms with E-state index in [1.54, 1.807) is 0 Å². The second-order valence-corrected chi connectivity index (χ2v) is 5.83. The second-order valence-electron chi connectivity index (χ2n) is 4.23. The third-order valence-electron chi connectivity index (χ3n) is 2.76. The molecule has 0 radical (unpaired) electrons. The molecule has 0 bridgehead atoms. The van der Waals surface area contributed by atoms with Crippen molar-refractivity contribution in [3.05, 3.63) is 63.2 Å². The molecule has 0 aliphatic rings. The lowest BCUT2D eigenvalue weighted by Gasteiger charge is -2.11. The zero-order chi connectivity index (χ0) is 13.8. The van der Waals surface area contributed by atoms with Crippen LogP contribution in [-0.2, 0) is 4.79 Å². The SMILES string of the molecule is Cc1ccc(NC(=O)C(Cl)c2ccccc2)cc1I. The Labute approximate surface area is 131 Å². The van der Waals surface area contributed by atoms with Crippen LogP contribution in [0.3, 0.4) is 0 Å². The van der Waals surface area contributed by atoms with Crippen LogP contribution in [0.5, 0.6) is 0 Å². The Kier molecular flexibility index (Phi) is 4.82. The summed E-state index contributed by atoms with van der Waals surface area (Å²) < 4.78 is 1.11. The van der Waals surface area contributed by atoms with E-state index in [2.05, 4.69) is 27.9 Å². The Morgan fingerprint density at radius 2 is 1.89 bits per heavy atom. The van der Waals surface area contributed by atoms with Crippen LogP contribution in [0.15, 0.2) is 48.5 Å². The largest absolute Gasteiger partial charge is 0.324 e. The van der Waals surface area contributed by atoms with Crippen LogP contribution in [0.2, 0.25) is 0 Å². The molecule has 0 aliphatic carbocycles. The van der Waals surface area contributed by atoms with Crippen LogP contribution in [0.25, 0.3) is 0 Å². The van der Waals surface area contributed by atoms with Crippen molar-refractivity contribution in [2.75, 3.05) is 5.32 Å². The molecule has 0 saturated carbocycles. The van der Waals surface area contributed by atoms with Gasteiger partial charge in [0.2, 0.25) is 5.91 Å². The number of carbonyl (C=O) groups is 1. The van der Waals surface area contributed by atoms with E-state index in [1.807, 2.05) is 55.5 Å². The van der Waals surface area contributed by atoms with Crippen molar-refractivity contribution in [2.24, 2.45) is 0 Å². The molecule has 19 heavy (non-hydrogen) atoms. The number of rotatable bonds is 3. The van der Waals surface area contributed by atoms with E-state index in [1.165, 1.54) is 5.56 Å². The van der Waals surface area contributed by atoms with Crippen LogP contribution in [0, 0.1) is 10.5 Å². The normalized spacial score (nSPS) is 11.9. The van der Waals surface area contributed by atoms with Crippen LogP contribution in [0.4, 0.5) is 5.69 Å². The zero-order valence-electron chi connectivity index (χ0n) is 10.4. The Bertz CT molecular complexity index is 586. The molecule has 0 spiro atoms. The molecule has 98 valence electrons. The highest BCUT2D eigenvalue weighted by Crippen LogP contribution is 2.23. The van der Waals surface area contributed by atoms with Crippen LogP contribution < -0.4 is 5.32 Å². The van der Waals surface area contributed by atoms with Gasteiger partial charge in [0.05, 0.1) is 0 Å². The lowest BCUT2D eigenvalue weighted by atomic mass is 10.1. The highest BCUT2D eigenvalue weighted by Gasteiger charge is 2.17. The number of hydrogen-bond acceptors (Lipinski definition) is 1. The Hall–Kier alpha value is -1.07. The Balaban J connectivity index is 2.10. The number of nitrogens with one attached hydrogen (secondary N) is 1. The fraction of sp³-hybridized carbons (Fsp3) is 0.133. The predicted molar refractivity (Wildman–Crippen MR) is 87.6 cm³/mol. The van der Waals surface area contributed by atoms with Gasteiger partial charge in [0, 0.05) is 9.26 Å². The van der Waals surface area contributed by atoms with Crippen molar-refractivity contribution >= 4 is 45.8 Å². The lowest BCUT2D eigenvalue weighted by molar-refractivity contribution is -0.116. The van der Waals surface area contributed by atoms with Crippen LogP contribution >= 0.6 is 34.2 Å². The highest BCUT2D eigenvalue weighted by molar-refractivity contribution is 14.1. The minimum absolute atomic E-state index is 0.215. The molecule has 0 aromatic heterocycles. The first kappa shape index (κ1) is 14.3. The molecular weight excluding hydrogens is 373 g/mol. The summed E-state index contributed by atoms with van der Waals surface area (Å²) in [5.74, 6) is -0.215. The number of benzene rings is 2. The minimum atomic E-state index is -0.680. The second kappa shape index (κ2) is 6.39. The van der Waals surface area contributed by atoms with E-state index in [0.29, 0.717) is 0 Å². The van der Waals surface area contributed by atoms with Gasteiger partial charge in [-0.15, -0.1) is 11.6 Å². The third-order valence-corrected chi connectivity index (χ3v) is 4.37. The van der Waals surface area contributed by atoms with Gasteiger partial charge in [0.15, 0.2) is 0 Å². The lowest BCUT2D eigenvalue weighted by Crippen LogP contribution is -2.17. The van der Waals surface area contributed by atoms with Gasteiger partial charge >= 0.3 is 0 Å². The maximum Gasteiger partial charge on any atom is 0.246 e. The first-order valence-corrected chi connectivity index (χ1v) is 7.35. The first-order valence-electron chi connectivity index (χ1n) is 5.84. The number of aryl methyl sites for hydroxylation is 1. The van der Waals surface area contributed by atoms with Crippen molar-refractivity contribution in [3.8, 4) is 0 Å². The summed E-state index contributed by atoms with van der Waals surface area (Å²) >= 11 is 8.41. The quantitative estimate of drug-likeness (QED) is 0.611. The fourth-order valence-electron chi connectivity index (χ4n) is 1.65. The van der Waals surface area contributed by atoms with Crippen molar-refractivity contribution in [1.82, 2.24) is 0 Å². The standard InChI is InChI=1S/C15H13ClINO/c1-10-7-8-12(9-13(10)17)18-15(19)14(16)11-5-3-2-4-6-11/h2-9,14H,1H3,(H,18,19). The molecule has 2 nitrogen and oxygen atoms in total. The number of carbonyl (C=O) groups excluding carboxylic acids is 1. The molecular formula is C15H13ClINO.